The Morgan fingerprint density at radius 1 is 1.50 bits per heavy atom. The smallest absolute Gasteiger partial charge is 0.375 e. The lowest BCUT2D eigenvalue weighted by Gasteiger charge is -2.08. The monoisotopic (exact) mass is 258 g/mol. The number of nitrogens with one attached hydrogen (secondary N) is 1. The third-order valence-corrected chi connectivity index (χ3v) is 2.10. The number of methoxy groups -OCH3 is 2. The van der Waals surface area contributed by atoms with Crippen LogP contribution >= 0.6 is 0 Å². The van der Waals surface area contributed by atoms with Crippen LogP contribution in [0.25, 0.3) is 0 Å². The van der Waals surface area contributed by atoms with Crippen molar-refractivity contribution in [3.63, 3.8) is 0 Å². The molecule has 9 heteroatoms. The normalized spacial score (nSPS) is 10.1. The molecule has 9 nitrogen and oxygen atoms in total. The molecule has 0 fully saturated rings. The minimum Gasteiger partial charge on any atom is -0.501 e. The molecule has 0 saturated carbocycles. The van der Waals surface area contributed by atoms with Crippen LogP contribution in [0.2, 0.25) is 0 Å². The Morgan fingerprint density at radius 3 is 2.56 bits per heavy atom. The number of carbonyl (C=O) groups is 1. The van der Waals surface area contributed by atoms with E-state index in [1.165, 1.54) is 7.11 Å². The van der Waals surface area contributed by atoms with Crippen LogP contribution in [-0.4, -0.2) is 35.2 Å². The topological polar surface area (TPSA) is 132 Å². The first-order chi connectivity index (χ1) is 8.43. The summed E-state index contributed by atoms with van der Waals surface area (Å²) >= 11 is 0. The molecule has 0 unspecified atom stereocenters. The van der Waals surface area contributed by atoms with E-state index in [-0.39, 0.29) is 12.3 Å². The molecule has 1 rings (SSSR count). The van der Waals surface area contributed by atoms with E-state index in [2.05, 4.69) is 9.72 Å². The molecule has 18 heavy (non-hydrogen) atoms. The third-order valence-electron chi connectivity index (χ3n) is 2.10. The third kappa shape index (κ3) is 2.30. The SMILES string of the molecule is COCc1[nH]c(=O)c([N+](=O)[O-])c(O)c1C(=O)OC. The molecule has 0 radical (unpaired) electrons. The minimum atomic E-state index is -1.13. The van der Waals surface area contributed by atoms with Crippen LogP contribution in [0.3, 0.4) is 0 Å². The van der Waals surface area contributed by atoms with Crippen LogP contribution in [0.15, 0.2) is 4.79 Å². The maximum Gasteiger partial charge on any atom is 0.375 e. The summed E-state index contributed by atoms with van der Waals surface area (Å²) in [7, 11) is 2.33. The number of rotatable bonds is 4. The van der Waals surface area contributed by atoms with Gasteiger partial charge in [-0.05, 0) is 0 Å². The van der Waals surface area contributed by atoms with Gasteiger partial charge in [0.15, 0.2) is 0 Å². The van der Waals surface area contributed by atoms with Crippen molar-refractivity contribution in [2.24, 2.45) is 0 Å². The fourth-order valence-corrected chi connectivity index (χ4v) is 1.37. The van der Waals surface area contributed by atoms with Gasteiger partial charge in [0.1, 0.15) is 5.56 Å². The van der Waals surface area contributed by atoms with Crippen molar-refractivity contribution in [3.8, 4) is 5.75 Å². The zero-order valence-electron chi connectivity index (χ0n) is 9.55. The summed E-state index contributed by atoms with van der Waals surface area (Å²) in [6.07, 6.45) is 0. The fraction of sp³-hybridized carbons (Fsp3) is 0.333. The van der Waals surface area contributed by atoms with E-state index in [0.717, 1.165) is 7.11 Å². The van der Waals surface area contributed by atoms with Gasteiger partial charge in [-0.1, -0.05) is 0 Å². The number of esters is 1. The highest BCUT2D eigenvalue weighted by atomic mass is 16.6. The summed E-state index contributed by atoms with van der Waals surface area (Å²) in [5.74, 6) is -2.05. The van der Waals surface area contributed by atoms with Crippen molar-refractivity contribution in [2.45, 2.75) is 6.61 Å². The first-order valence-electron chi connectivity index (χ1n) is 4.63. The van der Waals surface area contributed by atoms with E-state index in [9.17, 15) is 24.8 Å². The van der Waals surface area contributed by atoms with Crippen molar-refractivity contribution in [1.82, 2.24) is 4.98 Å². The molecule has 2 N–H and O–H groups in total. The standard InChI is InChI=1S/C9H10N2O7/c1-17-3-4-5(9(14)18-2)7(12)6(11(15)16)8(13)10-4/h3H2,1-2H3,(H2,10,12,13). The molecule has 98 valence electrons. The van der Waals surface area contributed by atoms with Gasteiger partial charge in [0.25, 0.3) is 0 Å². The second-order valence-electron chi connectivity index (χ2n) is 3.19. The average molecular weight is 258 g/mol. The molecule has 0 aliphatic carbocycles. The van der Waals surface area contributed by atoms with E-state index in [1.807, 2.05) is 0 Å². The fourth-order valence-electron chi connectivity index (χ4n) is 1.37. The largest absolute Gasteiger partial charge is 0.501 e. The first kappa shape index (κ1) is 13.6. The molecule has 0 atom stereocenters. The lowest BCUT2D eigenvalue weighted by atomic mass is 10.1. The Kier molecular flexibility index (Phi) is 4.00. The molecule has 0 bridgehead atoms. The van der Waals surface area contributed by atoms with E-state index in [0.29, 0.717) is 0 Å². The summed E-state index contributed by atoms with van der Waals surface area (Å²) < 4.78 is 9.09. The summed E-state index contributed by atoms with van der Waals surface area (Å²) in [6.45, 7) is -0.217. The Labute approximate surface area is 100 Å². The van der Waals surface area contributed by atoms with Crippen molar-refractivity contribution in [2.75, 3.05) is 14.2 Å². The number of hydrogen-bond acceptors (Lipinski definition) is 7. The molecular weight excluding hydrogens is 248 g/mol. The molecule has 0 spiro atoms. The average Bonchev–Trinajstić information content (AvgIpc) is 2.27. The number of hydrogen-bond donors (Lipinski definition) is 2. The number of nitro groups is 1. The Balaban J connectivity index is 3.62. The maximum atomic E-state index is 11.4. The number of aromatic nitrogens is 1. The van der Waals surface area contributed by atoms with Crippen molar-refractivity contribution in [1.29, 1.82) is 0 Å². The van der Waals surface area contributed by atoms with Gasteiger partial charge in [0, 0.05) is 7.11 Å². The van der Waals surface area contributed by atoms with E-state index < -0.39 is 33.5 Å². The van der Waals surface area contributed by atoms with E-state index in [1.54, 1.807) is 0 Å². The molecule has 0 aliphatic rings. The molecular formula is C9H10N2O7. The van der Waals surface area contributed by atoms with Crippen LogP contribution < -0.4 is 5.56 Å². The Morgan fingerprint density at radius 2 is 2.11 bits per heavy atom. The van der Waals surface area contributed by atoms with Crippen LogP contribution in [0, 0.1) is 10.1 Å². The summed E-state index contributed by atoms with van der Waals surface area (Å²) in [6, 6.07) is 0. The summed E-state index contributed by atoms with van der Waals surface area (Å²) in [4.78, 5) is 34.4. The van der Waals surface area contributed by atoms with Gasteiger partial charge in [0.05, 0.1) is 24.3 Å². The molecule has 0 saturated heterocycles. The highest BCUT2D eigenvalue weighted by Crippen LogP contribution is 2.28. The van der Waals surface area contributed by atoms with Crippen molar-refractivity contribution in [3.05, 3.63) is 31.7 Å². The van der Waals surface area contributed by atoms with Crippen LogP contribution in [0.1, 0.15) is 16.1 Å². The van der Waals surface area contributed by atoms with E-state index >= 15 is 0 Å². The van der Waals surface area contributed by atoms with Crippen molar-refractivity contribution >= 4 is 11.7 Å². The highest BCUT2D eigenvalue weighted by Gasteiger charge is 2.29. The second kappa shape index (κ2) is 5.27. The molecule has 1 heterocycles. The van der Waals surface area contributed by atoms with Gasteiger partial charge in [-0.15, -0.1) is 0 Å². The Hall–Kier alpha value is -2.42. The van der Waals surface area contributed by atoms with Crippen LogP contribution in [-0.2, 0) is 16.1 Å². The zero-order chi connectivity index (χ0) is 13.9. The van der Waals surface area contributed by atoms with Gasteiger partial charge in [-0.25, -0.2) is 4.79 Å². The summed E-state index contributed by atoms with van der Waals surface area (Å²) in [5, 5.41) is 20.2. The number of aromatic amines is 1. The number of ether oxygens (including phenoxy) is 2. The summed E-state index contributed by atoms with van der Waals surface area (Å²) in [5.41, 5.74) is -2.84. The predicted octanol–water partition coefficient (Wildman–Crippen LogP) is -0.0783. The Bertz CT molecular complexity index is 549. The molecule has 0 amide bonds. The number of pyridine rings is 1. The number of nitrogens with zero attached hydrogens (tertiary/aromatic N) is 1. The highest BCUT2D eigenvalue weighted by molar-refractivity contribution is 5.94. The lowest BCUT2D eigenvalue weighted by molar-refractivity contribution is -0.387. The van der Waals surface area contributed by atoms with E-state index in [4.69, 9.17) is 4.74 Å². The van der Waals surface area contributed by atoms with Crippen LogP contribution in [0.5, 0.6) is 5.75 Å². The van der Waals surface area contributed by atoms with Gasteiger partial charge < -0.3 is 19.6 Å². The number of carbonyl (C=O) groups excluding carboxylic acids is 1. The van der Waals surface area contributed by atoms with Gasteiger partial charge >= 0.3 is 17.2 Å². The van der Waals surface area contributed by atoms with Crippen LogP contribution in [0.4, 0.5) is 5.69 Å². The van der Waals surface area contributed by atoms with Gasteiger partial charge in [-0.3, -0.25) is 14.9 Å². The molecule has 1 aromatic rings. The van der Waals surface area contributed by atoms with Gasteiger partial charge in [-0.2, -0.15) is 0 Å². The predicted molar refractivity (Wildman–Crippen MR) is 57.4 cm³/mol. The van der Waals surface area contributed by atoms with Gasteiger partial charge in [0.2, 0.25) is 5.75 Å². The van der Waals surface area contributed by atoms with Crippen molar-refractivity contribution < 1.29 is 24.3 Å². The maximum absolute atomic E-state index is 11.4. The lowest BCUT2D eigenvalue weighted by Crippen LogP contribution is -2.19. The number of H-pyrrole nitrogens is 1. The first-order valence-corrected chi connectivity index (χ1v) is 4.63. The molecule has 1 aromatic heterocycles. The minimum absolute atomic E-state index is 0.0996. The quantitative estimate of drug-likeness (QED) is 0.438. The second-order valence-corrected chi connectivity index (χ2v) is 3.19. The number of aromatic hydroxyl groups is 1. The zero-order valence-corrected chi connectivity index (χ0v) is 9.55. The molecule has 0 aliphatic heterocycles. The molecule has 0 aromatic carbocycles.